The van der Waals surface area contributed by atoms with Crippen LogP contribution in [0.1, 0.15) is 49.9 Å². The normalized spacial score (nSPS) is 16.5. The number of para-hydroxylation sites is 1. The zero-order valence-corrected chi connectivity index (χ0v) is 18.5. The van der Waals surface area contributed by atoms with Gasteiger partial charge in [-0.15, -0.1) is 0 Å². The van der Waals surface area contributed by atoms with Gasteiger partial charge in [-0.2, -0.15) is 0 Å². The number of ether oxygens (including phenoxy) is 1. The van der Waals surface area contributed by atoms with Gasteiger partial charge in [-0.25, -0.2) is 0 Å². The molecule has 0 atom stereocenters. The van der Waals surface area contributed by atoms with Gasteiger partial charge in [0, 0.05) is 22.0 Å². The lowest BCUT2D eigenvalue weighted by molar-refractivity contribution is 0.419. The van der Waals surface area contributed by atoms with Crippen molar-refractivity contribution in [3.63, 3.8) is 0 Å². The number of rotatable bonds is 1. The Morgan fingerprint density at radius 1 is 0.516 bits per heavy atom. The Balaban J connectivity index is 1.56. The van der Waals surface area contributed by atoms with E-state index in [1.807, 2.05) is 6.07 Å². The fourth-order valence-electron chi connectivity index (χ4n) is 5.70. The summed E-state index contributed by atoms with van der Waals surface area (Å²) < 4.78 is 6.36. The SMILES string of the molecule is CC1(C)c2ccccc2-c2ccc(-c3cccc4c3C(C)(C)c3ccccc3O4)cc21. The molecule has 0 unspecified atom stereocenters. The van der Waals surface area contributed by atoms with Crippen LogP contribution in [0.2, 0.25) is 0 Å². The lowest BCUT2D eigenvalue weighted by Crippen LogP contribution is -2.25. The quantitative estimate of drug-likeness (QED) is 0.312. The van der Waals surface area contributed by atoms with Crippen LogP contribution in [0.4, 0.5) is 0 Å². The van der Waals surface area contributed by atoms with Crippen LogP contribution in [0.25, 0.3) is 22.3 Å². The molecule has 6 rings (SSSR count). The van der Waals surface area contributed by atoms with E-state index in [0.717, 1.165) is 11.5 Å². The summed E-state index contributed by atoms with van der Waals surface area (Å²) in [6, 6.07) is 30.7. The molecule has 0 spiro atoms. The summed E-state index contributed by atoms with van der Waals surface area (Å²) in [6.07, 6.45) is 0. The molecule has 1 aliphatic heterocycles. The van der Waals surface area contributed by atoms with Gasteiger partial charge in [-0.05, 0) is 51.6 Å². The van der Waals surface area contributed by atoms with Crippen molar-refractivity contribution in [1.29, 1.82) is 0 Å². The first-order chi connectivity index (χ1) is 14.9. The Labute approximate surface area is 184 Å². The molecule has 31 heavy (non-hydrogen) atoms. The van der Waals surface area contributed by atoms with Crippen LogP contribution in [0.5, 0.6) is 11.5 Å². The van der Waals surface area contributed by atoms with Gasteiger partial charge in [-0.3, -0.25) is 0 Å². The zero-order chi connectivity index (χ0) is 21.4. The molecule has 4 aromatic rings. The van der Waals surface area contributed by atoms with E-state index in [2.05, 4.69) is 107 Å². The predicted octanol–water partition coefficient (Wildman–Crippen LogP) is 8.09. The zero-order valence-electron chi connectivity index (χ0n) is 18.5. The van der Waals surface area contributed by atoms with Crippen LogP contribution in [0.3, 0.4) is 0 Å². The molecule has 0 radical (unpaired) electrons. The molecule has 1 heterocycles. The predicted molar refractivity (Wildman–Crippen MR) is 128 cm³/mol. The Bertz CT molecular complexity index is 1360. The molecule has 1 nitrogen and oxygen atoms in total. The first-order valence-corrected chi connectivity index (χ1v) is 11.0. The van der Waals surface area contributed by atoms with Crippen LogP contribution in [-0.4, -0.2) is 0 Å². The summed E-state index contributed by atoms with van der Waals surface area (Å²) >= 11 is 0. The molecule has 0 aromatic heterocycles. The van der Waals surface area contributed by atoms with Gasteiger partial charge in [0.05, 0.1) is 0 Å². The maximum atomic E-state index is 6.36. The second-order valence-corrected chi connectivity index (χ2v) is 9.83. The summed E-state index contributed by atoms with van der Waals surface area (Å²) in [5.41, 5.74) is 10.4. The molecule has 0 bridgehead atoms. The van der Waals surface area contributed by atoms with Crippen molar-refractivity contribution in [2.45, 2.75) is 38.5 Å². The molecule has 0 saturated heterocycles. The summed E-state index contributed by atoms with van der Waals surface area (Å²) in [4.78, 5) is 0. The molecule has 0 fully saturated rings. The molecule has 2 aliphatic rings. The minimum atomic E-state index is -0.141. The second kappa shape index (κ2) is 6.11. The van der Waals surface area contributed by atoms with Gasteiger partial charge in [0.2, 0.25) is 0 Å². The average molecular weight is 403 g/mol. The topological polar surface area (TPSA) is 9.23 Å². The van der Waals surface area contributed by atoms with Crippen molar-refractivity contribution in [3.05, 3.63) is 107 Å². The van der Waals surface area contributed by atoms with Crippen LogP contribution >= 0.6 is 0 Å². The van der Waals surface area contributed by atoms with Crippen LogP contribution in [-0.2, 0) is 10.8 Å². The van der Waals surface area contributed by atoms with Crippen molar-refractivity contribution in [1.82, 2.24) is 0 Å². The van der Waals surface area contributed by atoms with Crippen molar-refractivity contribution in [3.8, 4) is 33.8 Å². The van der Waals surface area contributed by atoms with Gasteiger partial charge in [0.1, 0.15) is 11.5 Å². The number of hydrogen-bond donors (Lipinski definition) is 0. The molecular weight excluding hydrogens is 376 g/mol. The maximum absolute atomic E-state index is 6.36. The largest absolute Gasteiger partial charge is 0.457 e. The number of fused-ring (bicyclic) bond motifs is 5. The molecule has 1 aliphatic carbocycles. The van der Waals surface area contributed by atoms with E-state index < -0.39 is 0 Å². The summed E-state index contributed by atoms with van der Waals surface area (Å²) in [5.74, 6) is 1.92. The van der Waals surface area contributed by atoms with E-state index in [9.17, 15) is 0 Å². The molecule has 1 heteroatoms. The number of hydrogen-bond acceptors (Lipinski definition) is 1. The summed E-state index contributed by atoms with van der Waals surface area (Å²) in [5, 5.41) is 0. The Hall–Kier alpha value is -3.32. The van der Waals surface area contributed by atoms with E-state index in [4.69, 9.17) is 4.74 Å². The van der Waals surface area contributed by atoms with E-state index >= 15 is 0 Å². The maximum Gasteiger partial charge on any atom is 0.132 e. The Morgan fingerprint density at radius 2 is 1.16 bits per heavy atom. The lowest BCUT2D eigenvalue weighted by Gasteiger charge is -2.36. The highest BCUT2D eigenvalue weighted by Crippen LogP contribution is 2.53. The van der Waals surface area contributed by atoms with Crippen molar-refractivity contribution in [2.75, 3.05) is 0 Å². The van der Waals surface area contributed by atoms with Gasteiger partial charge >= 0.3 is 0 Å². The van der Waals surface area contributed by atoms with E-state index in [0.29, 0.717) is 0 Å². The van der Waals surface area contributed by atoms with Gasteiger partial charge in [-0.1, -0.05) is 94.4 Å². The third-order valence-corrected chi connectivity index (χ3v) is 7.33. The second-order valence-electron chi connectivity index (χ2n) is 9.83. The lowest BCUT2D eigenvalue weighted by atomic mass is 9.72. The fraction of sp³-hybridized carbons (Fsp3) is 0.200. The minimum Gasteiger partial charge on any atom is -0.457 e. The Kier molecular flexibility index (Phi) is 3.63. The highest BCUT2D eigenvalue weighted by Gasteiger charge is 2.38. The monoisotopic (exact) mass is 402 g/mol. The minimum absolute atomic E-state index is 0.00457. The van der Waals surface area contributed by atoms with Crippen LogP contribution < -0.4 is 4.74 Å². The molecular formula is C30H26O. The molecule has 0 amide bonds. The highest BCUT2D eigenvalue weighted by atomic mass is 16.5. The molecule has 152 valence electrons. The Morgan fingerprint density at radius 3 is 2.00 bits per heavy atom. The van der Waals surface area contributed by atoms with Crippen LogP contribution in [0, 0.1) is 0 Å². The van der Waals surface area contributed by atoms with Gasteiger partial charge in [0.15, 0.2) is 0 Å². The summed E-state index contributed by atoms with van der Waals surface area (Å²) in [7, 11) is 0. The molecule has 0 N–H and O–H groups in total. The molecule has 0 saturated carbocycles. The van der Waals surface area contributed by atoms with E-state index in [-0.39, 0.29) is 10.8 Å². The highest BCUT2D eigenvalue weighted by molar-refractivity contribution is 5.85. The van der Waals surface area contributed by atoms with E-state index in [1.165, 1.54) is 44.5 Å². The third kappa shape index (κ3) is 2.44. The third-order valence-electron chi connectivity index (χ3n) is 7.33. The van der Waals surface area contributed by atoms with Crippen molar-refractivity contribution >= 4 is 0 Å². The van der Waals surface area contributed by atoms with Crippen molar-refractivity contribution in [2.24, 2.45) is 0 Å². The van der Waals surface area contributed by atoms with E-state index in [1.54, 1.807) is 0 Å². The van der Waals surface area contributed by atoms with Crippen molar-refractivity contribution < 1.29 is 4.74 Å². The summed E-state index contributed by atoms with van der Waals surface area (Å²) in [6.45, 7) is 9.30. The number of benzene rings is 4. The first-order valence-electron chi connectivity index (χ1n) is 11.0. The average Bonchev–Trinajstić information content (AvgIpc) is 3.00. The first kappa shape index (κ1) is 18.4. The fourth-order valence-corrected chi connectivity index (χ4v) is 5.70. The molecule has 4 aromatic carbocycles. The standard InChI is InChI=1S/C30H26O/c1-29(2)23-12-6-5-10-21(23)22-17-16-19(18-25(22)29)20-11-9-15-27-28(20)30(3,4)24-13-7-8-14-26(24)31-27/h5-18H,1-4H3. The van der Waals surface area contributed by atoms with Gasteiger partial charge in [0.25, 0.3) is 0 Å². The smallest absolute Gasteiger partial charge is 0.132 e. The van der Waals surface area contributed by atoms with Gasteiger partial charge < -0.3 is 4.74 Å². The van der Waals surface area contributed by atoms with Crippen LogP contribution in [0.15, 0.2) is 84.9 Å².